The molecule has 0 bridgehead atoms. The highest BCUT2D eigenvalue weighted by Gasteiger charge is 2.21. The van der Waals surface area contributed by atoms with E-state index in [-0.39, 0.29) is 0 Å². The van der Waals surface area contributed by atoms with Gasteiger partial charge in [0, 0.05) is 0 Å². The Morgan fingerprint density at radius 1 is 0.722 bits per heavy atom. The van der Waals surface area contributed by atoms with E-state index in [0.29, 0.717) is 0 Å². The summed E-state index contributed by atoms with van der Waals surface area (Å²) in [5.41, 5.74) is 0. The predicted octanol–water partition coefficient (Wildman–Crippen LogP) is 2.37. The summed E-state index contributed by atoms with van der Waals surface area (Å²) in [6.07, 6.45) is 1.27. The molecule has 0 atom stereocenters. The maximum absolute atomic E-state index is 5.85. The maximum Gasteiger partial charge on any atom is 0.102 e. The smallest absolute Gasteiger partial charge is 0.102 e. The van der Waals surface area contributed by atoms with Crippen LogP contribution in [0.15, 0.2) is 0 Å². The van der Waals surface area contributed by atoms with E-state index in [9.17, 15) is 0 Å². The molecule has 3 heteroatoms. The fraction of sp³-hybridized carbons (Fsp3) is 1.00. The first kappa shape index (κ1) is 17.9. The third-order valence-electron chi connectivity index (χ3n) is 4.45. The number of hydrogen-bond acceptors (Lipinski definition) is 1. The van der Waals surface area contributed by atoms with Gasteiger partial charge in [0.2, 0.25) is 0 Å². The van der Waals surface area contributed by atoms with E-state index in [1.807, 2.05) is 0 Å². The normalized spacial score (nSPS) is 13.0. The Morgan fingerprint density at radius 2 is 1.28 bits per heavy atom. The van der Waals surface area contributed by atoms with Crippen LogP contribution in [0.3, 0.4) is 0 Å². The third-order valence-corrected chi connectivity index (χ3v) is 4.45. The lowest BCUT2D eigenvalue weighted by Crippen LogP contribution is -2.50. The highest BCUT2D eigenvalue weighted by molar-refractivity contribution is 4.41. The number of quaternary nitrogens is 2. The maximum atomic E-state index is 5.85. The van der Waals surface area contributed by atoms with Gasteiger partial charge in [-0.25, -0.2) is 0 Å². The number of ether oxygens (including phenoxy) is 1. The van der Waals surface area contributed by atoms with Crippen molar-refractivity contribution in [3.05, 3.63) is 0 Å². The number of likely N-dealkylation sites (N-methyl/N-ethyl adjacent to an activating group) is 2. The van der Waals surface area contributed by atoms with Gasteiger partial charge in [0.05, 0.1) is 53.5 Å². The summed E-state index contributed by atoms with van der Waals surface area (Å²) in [5.74, 6) is 0. The first-order valence-electron chi connectivity index (χ1n) is 7.70. The van der Waals surface area contributed by atoms with E-state index < -0.39 is 0 Å². The van der Waals surface area contributed by atoms with Crippen LogP contribution in [0.1, 0.15) is 34.1 Å². The largest absolute Gasteiger partial charge is 0.370 e. The van der Waals surface area contributed by atoms with Gasteiger partial charge in [-0.1, -0.05) is 6.92 Å². The van der Waals surface area contributed by atoms with Gasteiger partial charge in [-0.2, -0.15) is 0 Å². The summed E-state index contributed by atoms with van der Waals surface area (Å²) < 4.78 is 8.11. The zero-order valence-corrected chi connectivity index (χ0v) is 13.7. The molecule has 3 nitrogen and oxygen atoms in total. The Hall–Kier alpha value is -0.120. The number of rotatable bonds is 11. The molecule has 0 aliphatic carbocycles. The molecule has 18 heavy (non-hydrogen) atoms. The minimum Gasteiger partial charge on any atom is -0.370 e. The van der Waals surface area contributed by atoms with E-state index in [4.69, 9.17) is 4.74 Å². The fourth-order valence-corrected chi connectivity index (χ4v) is 2.27. The second-order valence-electron chi connectivity index (χ2n) is 6.01. The molecule has 0 fully saturated rings. The fourth-order valence-electron chi connectivity index (χ4n) is 2.27. The molecule has 0 radical (unpaired) electrons. The molecule has 0 saturated heterocycles. The average molecular weight is 260 g/mol. The van der Waals surface area contributed by atoms with Crippen LogP contribution >= 0.6 is 0 Å². The van der Waals surface area contributed by atoms with Crippen LogP contribution in [-0.2, 0) is 4.74 Å². The lowest BCUT2D eigenvalue weighted by molar-refractivity contribution is -0.925. The molecular weight excluding hydrogens is 224 g/mol. The third kappa shape index (κ3) is 6.72. The molecule has 0 aromatic carbocycles. The van der Waals surface area contributed by atoms with Crippen molar-refractivity contribution in [3.8, 4) is 0 Å². The summed E-state index contributed by atoms with van der Waals surface area (Å²) in [4.78, 5) is 0. The van der Waals surface area contributed by atoms with E-state index >= 15 is 0 Å². The van der Waals surface area contributed by atoms with Crippen LogP contribution in [0.2, 0.25) is 0 Å². The monoisotopic (exact) mass is 260 g/mol. The van der Waals surface area contributed by atoms with Crippen LogP contribution < -0.4 is 0 Å². The summed E-state index contributed by atoms with van der Waals surface area (Å²) in [7, 11) is 4.53. The highest BCUT2D eigenvalue weighted by Crippen LogP contribution is 2.07. The molecule has 0 aromatic rings. The Bertz CT molecular complexity index is 201. The van der Waals surface area contributed by atoms with Crippen molar-refractivity contribution in [2.75, 3.05) is 66.6 Å². The topological polar surface area (TPSA) is 9.23 Å². The van der Waals surface area contributed by atoms with Gasteiger partial charge >= 0.3 is 0 Å². The second kappa shape index (κ2) is 8.89. The SMILES string of the molecule is CCC[N+](CC)(CC)CCOCC[N+](C)(C)CC. The number of nitrogens with zero attached hydrogens (tertiary/aromatic N) is 2. The Kier molecular flexibility index (Phi) is 8.83. The first-order valence-corrected chi connectivity index (χ1v) is 7.70. The zero-order chi connectivity index (χ0) is 14.1. The van der Waals surface area contributed by atoms with Crippen molar-refractivity contribution >= 4 is 0 Å². The summed E-state index contributed by atoms with van der Waals surface area (Å²) >= 11 is 0. The lowest BCUT2D eigenvalue weighted by Gasteiger charge is -2.36. The number of hydrogen-bond donors (Lipinski definition) is 0. The molecule has 0 aromatic heterocycles. The van der Waals surface area contributed by atoms with Gasteiger partial charge in [0.15, 0.2) is 0 Å². The molecule has 0 saturated carbocycles. The van der Waals surface area contributed by atoms with Gasteiger partial charge in [-0.3, -0.25) is 0 Å². The highest BCUT2D eigenvalue weighted by atomic mass is 16.5. The zero-order valence-electron chi connectivity index (χ0n) is 13.7. The Labute approximate surface area is 115 Å². The van der Waals surface area contributed by atoms with Crippen molar-refractivity contribution in [3.63, 3.8) is 0 Å². The Balaban J connectivity index is 3.87. The molecule has 0 unspecified atom stereocenters. The van der Waals surface area contributed by atoms with Gasteiger partial charge in [-0.05, 0) is 27.2 Å². The molecule has 0 aliphatic rings. The Morgan fingerprint density at radius 3 is 1.72 bits per heavy atom. The van der Waals surface area contributed by atoms with E-state index in [1.54, 1.807) is 0 Å². The van der Waals surface area contributed by atoms with Gasteiger partial charge in [0.1, 0.15) is 13.1 Å². The lowest BCUT2D eigenvalue weighted by atomic mass is 10.3. The standard InChI is InChI=1S/C15H36N2O/c1-7-11-17(9-3,10-4)13-15-18-14-12-16(5,6)8-2/h7-15H2,1-6H3/q+2. The predicted molar refractivity (Wildman–Crippen MR) is 79.7 cm³/mol. The molecule has 0 rings (SSSR count). The second-order valence-corrected chi connectivity index (χ2v) is 6.01. The minimum atomic E-state index is 0.889. The molecule has 0 amide bonds. The van der Waals surface area contributed by atoms with Crippen molar-refractivity contribution in [2.45, 2.75) is 34.1 Å². The summed E-state index contributed by atoms with van der Waals surface area (Å²) in [6, 6.07) is 0. The van der Waals surface area contributed by atoms with Crippen LogP contribution in [0, 0.1) is 0 Å². The van der Waals surface area contributed by atoms with Gasteiger partial charge in [-0.15, -0.1) is 0 Å². The molecule has 110 valence electrons. The van der Waals surface area contributed by atoms with Gasteiger partial charge < -0.3 is 13.7 Å². The molecule has 0 N–H and O–H groups in total. The van der Waals surface area contributed by atoms with Crippen molar-refractivity contribution in [1.29, 1.82) is 0 Å². The van der Waals surface area contributed by atoms with Crippen molar-refractivity contribution in [1.82, 2.24) is 0 Å². The molecule has 0 heterocycles. The van der Waals surface area contributed by atoms with E-state index in [0.717, 1.165) is 24.2 Å². The van der Waals surface area contributed by atoms with Crippen LogP contribution in [0.25, 0.3) is 0 Å². The van der Waals surface area contributed by atoms with Crippen LogP contribution in [-0.4, -0.2) is 75.5 Å². The summed E-state index contributed by atoms with van der Waals surface area (Å²) in [6.45, 7) is 18.1. The van der Waals surface area contributed by atoms with Crippen molar-refractivity contribution < 1.29 is 13.7 Å². The van der Waals surface area contributed by atoms with Crippen LogP contribution in [0.5, 0.6) is 0 Å². The van der Waals surface area contributed by atoms with Crippen molar-refractivity contribution in [2.24, 2.45) is 0 Å². The quantitative estimate of drug-likeness (QED) is 0.409. The van der Waals surface area contributed by atoms with E-state index in [1.165, 1.54) is 43.6 Å². The average Bonchev–Trinajstić information content (AvgIpc) is 2.37. The molecule has 0 aliphatic heterocycles. The first-order chi connectivity index (χ1) is 8.45. The van der Waals surface area contributed by atoms with E-state index in [2.05, 4.69) is 41.8 Å². The molecular formula is C15H36N2O+2. The summed E-state index contributed by atoms with van der Waals surface area (Å²) in [5, 5.41) is 0. The molecule has 0 spiro atoms. The van der Waals surface area contributed by atoms with Crippen LogP contribution in [0.4, 0.5) is 0 Å². The van der Waals surface area contributed by atoms with Gasteiger partial charge in [0.25, 0.3) is 0 Å². The minimum absolute atomic E-state index is 0.889.